The van der Waals surface area contributed by atoms with Crippen molar-refractivity contribution >= 4 is 27.5 Å². The van der Waals surface area contributed by atoms with E-state index < -0.39 is 0 Å². The van der Waals surface area contributed by atoms with Gasteiger partial charge in [-0.15, -0.1) is 11.3 Å². The highest BCUT2D eigenvalue weighted by Gasteiger charge is 2.21. The lowest BCUT2D eigenvalue weighted by Gasteiger charge is -2.18. The summed E-state index contributed by atoms with van der Waals surface area (Å²) in [6.45, 7) is 2.70. The lowest BCUT2D eigenvalue weighted by Crippen LogP contribution is -2.28. The molecule has 0 bridgehead atoms. The van der Waals surface area contributed by atoms with Crippen LogP contribution in [0.3, 0.4) is 0 Å². The largest absolute Gasteiger partial charge is 0.350 e. The molecule has 0 radical (unpaired) electrons. The van der Waals surface area contributed by atoms with Gasteiger partial charge in [0.15, 0.2) is 0 Å². The Morgan fingerprint density at radius 3 is 2.74 bits per heavy atom. The van der Waals surface area contributed by atoms with Crippen LogP contribution in [0.15, 0.2) is 72.2 Å². The molecule has 4 aromatic rings. The number of carbonyl (C=O) groups is 1. The third-order valence-corrected chi connectivity index (χ3v) is 5.67. The van der Waals surface area contributed by atoms with Crippen molar-refractivity contribution in [2.45, 2.75) is 19.4 Å². The number of fused-ring (bicyclic) bond motifs is 1. The molecule has 4 nitrogen and oxygen atoms in total. The monoisotopic (exact) mass is 375 g/mol. The first-order chi connectivity index (χ1) is 13.2. The van der Waals surface area contributed by atoms with Gasteiger partial charge in [-0.1, -0.05) is 36.4 Å². The second kappa shape index (κ2) is 7.76. The summed E-state index contributed by atoms with van der Waals surface area (Å²) in [5.74, 6) is -0.0443. The van der Waals surface area contributed by atoms with Crippen molar-refractivity contribution in [2.75, 3.05) is 6.54 Å². The standard InChI is InChI=1S/C22H21N3OS/c1-16(17-7-3-2-4-8-17)25-20(15-18-11-14-27-22(18)25)21(26)24-13-10-19-9-5-6-12-23-19/h2-9,11-12,14-16H,10,13H2,1H3,(H,24,26). The highest BCUT2D eigenvalue weighted by molar-refractivity contribution is 7.16. The molecule has 0 fully saturated rings. The van der Waals surface area contributed by atoms with Crippen LogP contribution in [0.25, 0.3) is 10.2 Å². The maximum absolute atomic E-state index is 12.9. The molecule has 1 amide bonds. The van der Waals surface area contributed by atoms with Gasteiger partial charge in [-0.3, -0.25) is 9.78 Å². The van der Waals surface area contributed by atoms with E-state index in [1.165, 1.54) is 5.56 Å². The Labute approximate surface area is 162 Å². The SMILES string of the molecule is CC(c1ccccc1)n1c(C(=O)NCCc2ccccn2)cc2ccsc21. The van der Waals surface area contributed by atoms with Gasteiger partial charge in [-0.2, -0.15) is 0 Å². The predicted molar refractivity (Wildman–Crippen MR) is 110 cm³/mol. The van der Waals surface area contributed by atoms with Crippen LogP contribution in [0.1, 0.15) is 34.7 Å². The second-order valence-corrected chi connectivity index (χ2v) is 7.39. The Hall–Kier alpha value is -2.92. The first-order valence-electron chi connectivity index (χ1n) is 9.05. The molecule has 1 unspecified atom stereocenters. The molecule has 3 heterocycles. The van der Waals surface area contributed by atoms with Gasteiger partial charge < -0.3 is 9.88 Å². The average molecular weight is 375 g/mol. The number of nitrogens with one attached hydrogen (secondary N) is 1. The van der Waals surface area contributed by atoms with Gasteiger partial charge in [-0.25, -0.2) is 0 Å². The lowest BCUT2D eigenvalue weighted by atomic mass is 10.1. The van der Waals surface area contributed by atoms with E-state index in [9.17, 15) is 4.79 Å². The fourth-order valence-electron chi connectivity index (χ4n) is 3.32. The first-order valence-corrected chi connectivity index (χ1v) is 9.93. The summed E-state index contributed by atoms with van der Waals surface area (Å²) in [4.78, 5) is 18.3. The van der Waals surface area contributed by atoms with Crippen LogP contribution < -0.4 is 5.32 Å². The topological polar surface area (TPSA) is 46.9 Å². The third kappa shape index (κ3) is 3.64. The van der Waals surface area contributed by atoms with Crippen molar-refractivity contribution in [1.29, 1.82) is 0 Å². The minimum absolute atomic E-state index is 0.0443. The van der Waals surface area contributed by atoms with E-state index in [1.54, 1.807) is 17.5 Å². The number of amides is 1. The minimum Gasteiger partial charge on any atom is -0.350 e. The zero-order valence-corrected chi connectivity index (χ0v) is 15.9. The number of benzene rings is 1. The molecular formula is C22H21N3OS. The molecule has 0 aliphatic heterocycles. The molecule has 0 saturated carbocycles. The summed E-state index contributed by atoms with van der Waals surface area (Å²) < 4.78 is 2.14. The number of hydrogen-bond donors (Lipinski definition) is 1. The van der Waals surface area contributed by atoms with Crippen LogP contribution in [0.4, 0.5) is 0 Å². The molecule has 136 valence electrons. The second-order valence-electron chi connectivity index (χ2n) is 6.49. The number of pyridine rings is 1. The van der Waals surface area contributed by atoms with Gasteiger partial charge in [0.25, 0.3) is 5.91 Å². The molecule has 4 rings (SSSR count). The first kappa shape index (κ1) is 17.5. The van der Waals surface area contributed by atoms with Gasteiger partial charge >= 0.3 is 0 Å². The normalized spacial score (nSPS) is 12.2. The smallest absolute Gasteiger partial charge is 0.267 e. The van der Waals surface area contributed by atoms with E-state index >= 15 is 0 Å². The van der Waals surface area contributed by atoms with Gasteiger partial charge in [0, 0.05) is 30.2 Å². The summed E-state index contributed by atoms with van der Waals surface area (Å²) in [7, 11) is 0. The van der Waals surface area contributed by atoms with Gasteiger partial charge in [0.2, 0.25) is 0 Å². The number of nitrogens with zero attached hydrogens (tertiary/aromatic N) is 2. The van der Waals surface area contributed by atoms with Crippen molar-refractivity contribution in [3.63, 3.8) is 0 Å². The van der Waals surface area contributed by atoms with Crippen molar-refractivity contribution in [2.24, 2.45) is 0 Å². The molecule has 0 aliphatic carbocycles. The fourth-order valence-corrected chi connectivity index (χ4v) is 4.30. The molecule has 3 aromatic heterocycles. The zero-order valence-electron chi connectivity index (χ0n) is 15.1. The van der Waals surface area contributed by atoms with Gasteiger partial charge in [-0.05, 0) is 42.1 Å². The van der Waals surface area contributed by atoms with Crippen LogP contribution in [-0.2, 0) is 6.42 Å². The quantitative estimate of drug-likeness (QED) is 0.532. The molecule has 0 spiro atoms. The number of carbonyl (C=O) groups excluding carboxylic acids is 1. The van der Waals surface area contributed by atoms with Crippen LogP contribution >= 0.6 is 11.3 Å². The Balaban J connectivity index is 1.58. The highest BCUT2D eigenvalue weighted by atomic mass is 32.1. The van der Waals surface area contributed by atoms with Crippen LogP contribution in [0, 0.1) is 0 Å². The van der Waals surface area contributed by atoms with Crippen molar-refractivity contribution < 1.29 is 4.79 Å². The molecule has 0 aliphatic rings. The summed E-state index contributed by atoms with van der Waals surface area (Å²) >= 11 is 1.67. The summed E-state index contributed by atoms with van der Waals surface area (Å²) in [5.41, 5.74) is 2.87. The Kier molecular flexibility index (Phi) is 5.03. The maximum atomic E-state index is 12.9. The lowest BCUT2D eigenvalue weighted by molar-refractivity contribution is 0.0944. The van der Waals surface area contributed by atoms with Crippen molar-refractivity contribution in [3.8, 4) is 0 Å². The third-order valence-electron chi connectivity index (χ3n) is 4.74. The minimum atomic E-state index is -0.0443. The van der Waals surface area contributed by atoms with Crippen LogP contribution in [0.2, 0.25) is 0 Å². The Morgan fingerprint density at radius 1 is 1.15 bits per heavy atom. The number of rotatable bonds is 6. The molecule has 1 aromatic carbocycles. The number of aromatic nitrogens is 2. The Bertz CT molecular complexity index is 1040. The maximum Gasteiger partial charge on any atom is 0.267 e. The number of hydrogen-bond acceptors (Lipinski definition) is 3. The van der Waals surface area contributed by atoms with Crippen LogP contribution in [-0.4, -0.2) is 22.0 Å². The van der Waals surface area contributed by atoms with E-state index in [4.69, 9.17) is 0 Å². The summed E-state index contributed by atoms with van der Waals surface area (Å²) in [6.07, 6.45) is 2.49. The molecule has 27 heavy (non-hydrogen) atoms. The van der Waals surface area contributed by atoms with E-state index in [0.717, 1.165) is 22.3 Å². The summed E-state index contributed by atoms with van der Waals surface area (Å²) in [6, 6.07) is 20.3. The molecule has 5 heteroatoms. The fraction of sp³-hybridized carbons (Fsp3) is 0.182. The van der Waals surface area contributed by atoms with Gasteiger partial charge in [0.05, 0.1) is 6.04 Å². The van der Waals surface area contributed by atoms with Gasteiger partial charge in [0.1, 0.15) is 10.5 Å². The molecule has 0 saturated heterocycles. The van der Waals surface area contributed by atoms with Crippen molar-refractivity contribution in [1.82, 2.24) is 14.9 Å². The van der Waals surface area contributed by atoms with E-state index in [1.807, 2.05) is 42.5 Å². The molecule has 1 atom stereocenters. The molecular weight excluding hydrogens is 354 g/mol. The zero-order chi connectivity index (χ0) is 18.6. The number of thiophene rings is 1. The highest BCUT2D eigenvalue weighted by Crippen LogP contribution is 2.31. The van der Waals surface area contributed by atoms with Crippen LogP contribution in [0.5, 0.6) is 0 Å². The van der Waals surface area contributed by atoms with E-state index in [0.29, 0.717) is 12.2 Å². The van der Waals surface area contributed by atoms with E-state index in [-0.39, 0.29) is 11.9 Å². The molecule has 1 N–H and O–H groups in total. The van der Waals surface area contributed by atoms with E-state index in [2.05, 4.69) is 45.4 Å². The predicted octanol–water partition coefficient (Wildman–Crippen LogP) is 4.68. The van der Waals surface area contributed by atoms with Crippen molar-refractivity contribution in [3.05, 3.63) is 89.2 Å². The Morgan fingerprint density at radius 2 is 1.96 bits per heavy atom. The summed E-state index contributed by atoms with van der Waals surface area (Å²) in [5, 5.41) is 6.23. The average Bonchev–Trinajstić information content (AvgIpc) is 3.30.